The molecule has 2 saturated heterocycles. The summed E-state index contributed by atoms with van der Waals surface area (Å²) in [5.41, 5.74) is 2.51. The van der Waals surface area contributed by atoms with Crippen LogP contribution in [0.25, 0.3) is 0 Å². The second-order valence-corrected chi connectivity index (χ2v) is 7.57. The smallest absolute Gasteiger partial charge is 0.245 e. The molecule has 6 heteroatoms. The van der Waals surface area contributed by atoms with Crippen molar-refractivity contribution in [3.63, 3.8) is 0 Å². The summed E-state index contributed by atoms with van der Waals surface area (Å²) in [6.07, 6.45) is 6.29. The van der Waals surface area contributed by atoms with Gasteiger partial charge in [-0.2, -0.15) is 0 Å². The number of fused-ring (bicyclic) bond motifs is 1. The molecule has 0 unspecified atom stereocenters. The summed E-state index contributed by atoms with van der Waals surface area (Å²) in [6.45, 7) is 1.33. The van der Waals surface area contributed by atoms with Gasteiger partial charge in [0, 0.05) is 19.0 Å². The van der Waals surface area contributed by atoms with Gasteiger partial charge in [-0.15, -0.1) is 0 Å². The molecule has 0 saturated carbocycles. The Hall–Kier alpha value is -2.37. The fraction of sp³-hybridized carbons (Fsp3) is 0.550. The van der Waals surface area contributed by atoms with Crippen molar-refractivity contribution in [1.29, 1.82) is 0 Å². The predicted molar refractivity (Wildman–Crippen MR) is 97.1 cm³/mol. The van der Waals surface area contributed by atoms with Crippen LogP contribution in [0.3, 0.4) is 0 Å². The molecule has 1 aromatic carbocycles. The number of carbonyl (C=O) groups excluding carboxylic acids is 2. The van der Waals surface area contributed by atoms with Crippen LogP contribution in [-0.2, 0) is 22.4 Å². The normalized spacial score (nSPS) is 26.0. The molecule has 4 rings (SSSR count). The SMILES string of the molecule is O=C([C@@H]1CCCN1C(=O)C1Cc2ccccc2C1)N1CCC[C@H]1C=NO. The molecule has 1 aliphatic carbocycles. The Bertz CT molecular complexity index is 708. The molecule has 0 radical (unpaired) electrons. The Morgan fingerprint density at radius 3 is 2.35 bits per heavy atom. The summed E-state index contributed by atoms with van der Waals surface area (Å²) in [6, 6.07) is 7.71. The van der Waals surface area contributed by atoms with Gasteiger partial charge in [0.15, 0.2) is 0 Å². The highest BCUT2D eigenvalue weighted by Gasteiger charge is 2.42. The van der Waals surface area contributed by atoms with Crippen molar-refractivity contribution in [2.45, 2.75) is 50.6 Å². The van der Waals surface area contributed by atoms with E-state index < -0.39 is 0 Å². The molecule has 3 aliphatic rings. The highest BCUT2D eigenvalue weighted by molar-refractivity contribution is 5.91. The third kappa shape index (κ3) is 2.97. The van der Waals surface area contributed by atoms with E-state index in [-0.39, 0.29) is 29.8 Å². The van der Waals surface area contributed by atoms with E-state index in [1.54, 1.807) is 4.90 Å². The minimum absolute atomic E-state index is 0.00811. The topological polar surface area (TPSA) is 73.2 Å². The van der Waals surface area contributed by atoms with Crippen LogP contribution in [0, 0.1) is 5.92 Å². The van der Waals surface area contributed by atoms with Crippen molar-refractivity contribution in [1.82, 2.24) is 9.80 Å². The average molecular weight is 355 g/mol. The summed E-state index contributed by atoms with van der Waals surface area (Å²) < 4.78 is 0. The number of rotatable bonds is 3. The first kappa shape index (κ1) is 17.1. The highest BCUT2D eigenvalue weighted by atomic mass is 16.4. The summed E-state index contributed by atoms with van der Waals surface area (Å²) >= 11 is 0. The molecular formula is C20H25N3O3. The van der Waals surface area contributed by atoms with Gasteiger partial charge < -0.3 is 15.0 Å². The molecule has 138 valence electrons. The zero-order valence-corrected chi connectivity index (χ0v) is 14.9. The summed E-state index contributed by atoms with van der Waals surface area (Å²) in [5.74, 6) is 0.0755. The van der Waals surface area contributed by atoms with Gasteiger partial charge in [-0.1, -0.05) is 29.4 Å². The molecule has 0 spiro atoms. The summed E-state index contributed by atoms with van der Waals surface area (Å²) in [7, 11) is 0. The number of nitrogens with zero attached hydrogens (tertiary/aromatic N) is 3. The van der Waals surface area contributed by atoms with Crippen LogP contribution in [0.15, 0.2) is 29.4 Å². The van der Waals surface area contributed by atoms with E-state index in [0.717, 1.165) is 38.5 Å². The van der Waals surface area contributed by atoms with Crippen LogP contribution >= 0.6 is 0 Å². The minimum atomic E-state index is -0.362. The van der Waals surface area contributed by atoms with Crippen LogP contribution in [-0.4, -0.2) is 58.2 Å². The van der Waals surface area contributed by atoms with Crippen LogP contribution in [0.1, 0.15) is 36.8 Å². The number of oxime groups is 1. The standard InChI is InChI=1S/C20H25N3O3/c24-19(16-11-14-5-1-2-6-15(14)12-16)23-10-4-8-18(23)20(25)22-9-3-7-17(22)13-21-26/h1-2,5-6,13,16-18,26H,3-4,7-12H2/t17-,18-/m0/s1. The molecule has 2 heterocycles. The van der Waals surface area contributed by atoms with Crippen molar-refractivity contribution >= 4 is 18.0 Å². The summed E-state index contributed by atoms with van der Waals surface area (Å²) in [4.78, 5) is 29.8. The molecule has 6 nitrogen and oxygen atoms in total. The molecule has 2 aliphatic heterocycles. The number of likely N-dealkylation sites (tertiary alicyclic amines) is 2. The lowest BCUT2D eigenvalue weighted by atomic mass is 10.0. The second kappa shape index (κ2) is 7.09. The van der Waals surface area contributed by atoms with Gasteiger partial charge in [-0.3, -0.25) is 9.59 Å². The van der Waals surface area contributed by atoms with E-state index in [9.17, 15) is 9.59 Å². The van der Waals surface area contributed by atoms with Gasteiger partial charge >= 0.3 is 0 Å². The molecule has 2 atom stereocenters. The molecule has 1 aromatic rings. The van der Waals surface area contributed by atoms with E-state index in [1.165, 1.54) is 17.3 Å². The molecule has 0 bridgehead atoms. The first-order chi connectivity index (χ1) is 12.7. The number of hydrogen-bond acceptors (Lipinski definition) is 4. The highest BCUT2D eigenvalue weighted by Crippen LogP contribution is 2.31. The lowest BCUT2D eigenvalue weighted by Crippen LogP contribution is -2.51. The maximum atomic E-state index is 13.1. The quantitative estimate of drug-likeness (QED) is 0.511. The molecule has 1 N–H and O–H groups in total. The van der Waals surface area contributed by atoms with Crippen molar-refractivity contribution in [3.05, 3.63) is 35.4 Å². The van der Waals surface area contributed by atoms with Gasteiger partial charge in [0.05, 0.1) is 12.3 Å². The first-order valence-corrected chi connectivity index (χ1v) is 9.54. The van der Waals surface area contributed by atoms with Gasteiger partial charge in [0.2, 0.25) is 11.8 Å². The first-order valence-electron chi connectivity index (χ1n) is 9.54. The van der Waals surface area contributed by atoms with Gasteiger partial charge in [0.1, 0.15) is 6.04 Å². The molecular weight excluding hydrogens is 330 g/mol. The summed E-state index contributed by atoms with van der Waals surface area (Å²) in [5, 5.41) is 11.9. The number of benzene rings is 1. The molecule has 26 heavy (non-hydrogen) atoms. The van der Waals surface area contributed by atoms with Crippen LogP contribution in [0.2, 0.25) is 0 Å². The fourth-order valence-electron chi connectivity index (χ4n) is 4.74. The second-order valence-electron chi connectivity index (χ2n) is 7.57. The average Bonchev–Trinajstić information content (AvgIpc) is 3.39. The monoisotopic (exact) mass is 355 g/mol. The number of amides is 2. The Labute approximate surface area is 153 Å². The third-order valence-electron chi connectivity index (χ3n) is 6.04. The minimum Gasteiger partial charge on any atom is -0.411 e. The Balaban J connectivity index is 1.47. The van der Waals surface area contributed by atoms with Crippen LogP contribution in [0.5, 0.6) is 0 Å². The van der Waals surface area contributed by atoms with E-state index in [1.807, 2.05) is 17.0 Å². The maximum Gasteiger partial charge on any atom is 0.245 e. The van der Waals surface area contributed by atoms with Gasteiger partial charge in [-0.05, 0) is 49.7 Å². The number of carbonyl (C=O) groups is 2. The zero-order chi connectivity index (χ0) is 18.1. The number of hydrogen-bond donors (Lipinski definition) is 1. The van der Waals surface area contributed by atoms with Crippen molar-refractivity contribution in [3.8, 4) is 0 Å². The fourth-order valence-corrected chi connectivity index (χ4v) is 4.74. The van der Waals surface area contributed by atoms with E-state index in [4.69, 9.17) is 5.21 Å². The lowest BCUT2D eigenvalue weighted by molar-refractivity contribution is -0.145. The Kier molecular flexibility index (Phi) is 4.66. The van der Waals surface area contributed by atoms with Gasteiger partial charge in [0.25, 0.3) is 0 Å². The molecule has 2 fully saturated rings. The lowest BCUT2D eigenvalue weighted by Gasteiger charge is -2.31. The van der Waals surface area contributed by atoms with E-state index in [0.29, 0.717) is 13.1 Å². The van der Waals surface area contributed by atoms with Crippen LogP contribution in [0.4, 0.5) is 0 Å². The third-order valence-corrected chi connectivity index (χ3v) is 6.04. The van der Waals surface area contributed by atoms with Crippen molar-refractivity contribution in [2.24, 2.45) is 11.1 Å². The van der Waals surface area contributed by atoms with Gasteiger partial charge in [-0.25, -0.2) is 0 Å². The van der Waals surface area contributed by atoms with Crippen molar-refractivity contribution in [2.75, 3.05) is 13.1 Å². The Morgan fingerprint density at radius 2 is 1.65 bits per heavy atom. The zero-order valence-electron chi connectivity index (χ0n) is 14.9. The van der Waals surface area contributed by atoms with Crippen molar-refractivity contribution < 1.29 is 14.8 Å². The molecule has 0 aromatic heterocycles. The Morgan fingerprint density at radius 1 is 1.00 bits per heavy atom. The largest absolute Gasteiger partial charge is 0.411 e. The van der Waals surface area contributed by atoms with Crippen LogP contribution < -0.4 is 0 Å². The van der Waals surface area contributed by atoms with E-state index >= 15 is 0 Å². The molecule has 2 amide bonds. The van der Waals surface area contributed by atoms with E-state index in [2.05, 4.69) is 17.3 Å². The predicted octanol–water partition coefficient (Wildman–Crippen LogP) is 1.84. The maximum absolute atomic E-state index is 13.1.